The summed E-state index contributed by atoms with van der Waals surface area (Å²) in [7, 11) is 0. The first-order chi connectivity index (χ1) is 9.28. The molecule has 4 nitrogen and oxygen atoms in total. The van der Waals surface area contributed by atoms with Gasteiger partial charge in [0.1, 0.15) is 11.9 Å². The standard InChI is InChI=1S/C15H14N4/c1-10-13(3-2-8-17-10)18-15-12(9-16)6-7-14(19-15)11-4-5-11/h2-3,6-8,11H,4-5H2,1H3,(H,18,19). The van der Waals surface area contributed by atoms with E-state index in [0.29, 0.717) is 17.3 Å². The summed E-state index contributed by atoms with van der Waals surface area (Å²) >= 11 is 0. The number of aryl methyl sites for hydroxylation is 1. The van der Waals surface area contributed by atoms with Crippen molar-refractivity contribution >= 4 is 11.5 Å². The second-order valence-electron chi connectivity index (χ2n) is 4.78. The first-order valence-corrected chi connectivity index (χ1v) is 6.37. The highest BCUT2D eigenvalue weighted by Crippen LogP contribution is 2.39. The van der Waals surface area contributed by atoms with E-state index in [1.807, 2.05) is 31.2 Å². The van der Waals surface area contributed by atoms with Gasteiger partial charge >= 0.3 is 0 Å². The number of hydrogen-bond donors (Lipinski definition) is 1. The van der Waals surface area contributed by atoms with Gasteiger partial charge in [-0.05, 0) is 44.0 Å². The average Bonchev–Trinajstić information content (AvgIpc) is 3.26. The molecule has 2 heterocycles. The molecule has 0 aromatic carbocycles. The summed E-state index contributed by atoms with van der Waals surface area (Å²) in [6.07, 6.45) is 4.15. The summed E-state index contributed by atoms with van der Waals surface area (Å²) in [6.45, 7) is 1.93. The van der Waals surface area contributed by atoms with E-state index in [0.717, 1.165) is 17.1 Å². The smallest absolute Gasteiger partial charge is 0.148 e. The van der Waals surface area contributed by atoms with Crippen molar-refractivity contribution in [1.82, 2.24) is 9.97 Å². The zero-order chi connectivity index (χ0) is 13.2. The van der Waals surface area contributed by atoms with Crippen molar-refractivity contribution in [2.45, 2.75) is 25.7 Å². The highest BCUT2D eigenvalue weighted by atomic mass is 15.0. The molecule has 0 atom stereocenters. The molecule has 0 saturated heterocycles. The predicted octanol–water partition coefficient (Wildman–Crippen LogP) is 3.28. The fourth-order valence-electron chi connectivity index (χ4n) is 2.01. The zero-order valence-electron chi connectivity index (χ0n) is 10.7. The largest absolute Gasteiger partial charge is 0.338 e. The van der Waals surface area contributed by atoms with Gasteiger partial charge in [-0.2, -0.15) is 5.26 Å². The van der Waals surface area contributed by atoms with Crippen LogP contribution in [0.3, 0.4) is 0 Å². The maximum Gasteiger partial charge on any atom is 0.148 e. The van der Waals surface area contributed by atoms with Crippen LogP contribution in [0.5, 0.6) is 0 Å². The van der Waals surface area contributed by atoms with E-state index >= 15 is 0 Å². The maximum atomic E-state index is 9.17. The van der Waals surface area contributed by atoms with Crippen LogP contribution < -0.4 is 5.32 Å². The van der Waals surface area contributed by atoms with Gasteiger partial charge in [0, 0.05) is 17.8 Å². The molecule has 0 aliphatic heterocycles. The molecule has 2 aromatic heterocycles. The quantitative estimate of drug-likeness (QED) is 0.908. The molecule has 2 aromatic rings. The summed E-state index contributed by atoms with van der Waals surface area (Å²) in [5.74, 6) is 1.20. The number of nitrogens with one attached hydrogen (secondary N) is 1. The van der Waals surface area contributed by atoms with Crippen molar-refractivity contribution in [3.63, 3.8) is 0 Å². The normalized spacial score (nSPS) is 13.9. The Morgan fingerprint density at radius 2 is 2.16 bits per heavy atom. The molecular formula is C15H14N4. The number of hydrogen-bond acceptors (Lipinski definition) is 4. The zero-order valence-corrected chi connectivity index (χ0v) is 10.7. The highest BCUT2D eigenvalue weighted by Gasteiger charge is 2.25. The topological polar surface area (TPSA) is 61.6 Å². The fourth-order valence-corrected chi connectivity index (χ4v) is 2.01. The van der Waals surface area contributed by atoms with E-state index in [2.05, 4.69) is 21.4 Å². The lowest BCUT2D eigenvalue weighted by molar-refractivity contribution is 1.02. The molecule has 1 aliphatic carbocycles. The molecule has 0 radical (unpaired) electrons. The summed E-state index contributed by atoms with van der Waals surface area (Å²) in [5.41, 5.74) is 3.42. The number of rotatable bonds is 3. The highest BCUT2D eigenvalue weighted by molar-refractivity contribution is 5.64. The van der Waals surface area contributed by atoms with Gasteiger partial charge in [-0.3, -0.25) is 4.98 Å². The van der Waals surface area contributed by atoms with E-state index in [1.54, 1.807) is 6.20 Å². The van der Waals surface area contributed by atoms with Crippen LogP contribution in [0, 0.1) is 18.3 Å². The fraction of sp³-hybridized carbons (Fsp3) is 0.267. The van der Waals surface area contributed by atoms with Crippen LogP contribution in [0.15, 0.2) is 30.5 Å². The number of nitriles is 1. The lowest BCUT2D eigenvalue weighted by Gasteiger charge is -2.10. The van der Waals surface area contributed by atoms with E-state index in [4.69, 9.17) is 5.26 Å². The Morgan fingerprint density at radius 3 is 2.84 bits per heavy atom. The monoisotopic (exact) mass is 250 g/mol. The molecule has 19 heavy (non-hydrogen) atoms. The number of pyridine rings is 2. The van der Waals surface area contributed by atoms with Crippen molar-refractivity contribution in [2.75, 3.05) is 5.32 Å². The van der Waals surface area contributed by atoms with E-state index < -0.39 is 0 Å². The second-order valence-corrected chi connectivity index (χ2v) is 4.78. The molecule has 4 heteroatoms. The average molecular weight is 250 g/mol. The van der Waals surface area contributed by atoms with Crippen LogP contribution in [0.2, 0.25) is 0 Å². The molecule has 3 rings (SSSR count). The summed E-state index contributed by atoms with van der Waals surface area (Å²) in [5, 5.41) is 12.4. The van der Waals surface area contributed by atoms with Gasteiger partial charge in [-0.15, -0.1) is 0 Å². The minimum Gasteiger partial charge on any atom is -0.338 e. The van der Waals surface area contributed by atoms with Gasteiger partial charge in [0.25, 0.3) is 0 Å². The Kier molecular flexibility index (Phi) is 2.88. The Hall–Kier alpha value is -2.41. The van der Waals surface area contributed by atoms with Gasteiger partial charge in [0.2, 0.25) is 0 Å². The molecule has 1 saturated carbocycles. The Balaban J connectivity index is 1.97. The van der Waals surface area contributed by atoms with Crippen molar-refractivity contribution in [1.29, 1.82) is 5.26 Å². The first-order valence-electron chi connectivity index (χ1n) is 6.37. The third kappa shape index (κ3) is 2.41. The summed E-state index contributed by atoms with van der Waals surface area (Å²) < 4.78 is 0. The summed E-state index contributed by atoms with van der Waals surface area (Å²) in [4.78, 5) is 8.81. The minimum atomic E-state index is 0.563. The molecule has 0 amide bonds. The second kappa shape index (κ2) is 4.69. The van der Waals surface area contributed by atoms with Gasteiger partial charge < -0.3 is 5.32 Å². The number of aromatic nitrogens is 2. The van der Waals surface area contributed by atoms with Crippen LogP contribution >= 0.6 is 0 Å². The third-order valence-corrected chi connectivity index (χ3v) is 3.29. The molecule has 1 N–H and O–H groups in total. The van der Waals surface area contributed by atoms with Gasteiger partial charge in [0.05, 0.1) is 16.9 Å². The number of anilines is 2. The molecule has 0 bridgehead atoms. The SMILES string of the molecule is Cc1ncccc1Nc1nc(C2CC2)ccc1C#N. The van der Waals surface area contributed by atoms with Crippen LogP contribution in [-0.4, -0.2) is 9.97 Å². The lowest BCUT2D eigenvalue weighted by atomic mass is 10.2. The number of nitrogens with zero attached hydrogens (tertiary/aromatic N) is 3. The molecule has 1 fully saturated rings. The lowest BCUT2D eigenvalue weighted by Crippen LogP contribution is -2.01. The van der Waals surface area contributed by atoms with Crippen molar-refractivity contribution in [3.05, 3.63) is 47.4 Å². The maximum absolute atomic E-state index is 9.17. The predicted molar refractivity (Wildman–Crippen MR) is 73.2 cm³/mol. The third-order valence-electron chi connectivity index (χ3n) is 3.29. The molecule has 0 unspecified atom stereocenters. The van der Waals surface area contributed by atoms with Gasteiger partial charge in [0.15, 0.2) is 0 Å². The molecule has 1 aliphatic rings. The van der Waals surface area contributed by atoms with Crippen molar-refractivity contribution in [2.24, 2.45) is 0 Å². The molecule has 94 valence electrons. The van der Waals surface area contributed by atoms with Gasteiger partial charge in [-0.1, -0.05) is 0 Å². The van der Waals surface area contributed by atoms with Crippen LogP contribution in [-0.2, 0) is 0 Å². The van der Waals surface area contributed by atoms with Crippen molar-refractivity contribution < 1.29 is 0 Å². The van der Waals surface area contributed by atoms with Crippen LogP contribution in [0.25, 0.3) is 0 Å². The van der Waals surface area contributed by atoms with Crippen molar-refractivity contribution in [3.8, 4) is 6.07 Å². The van der Waals surface area contributed by atoms with E-state index in [9.17, 15) is 0 Å². The summed E-state index contributed by atoms with van der Waals surface area (Å²) in [6, 6.07) is 9.78. The van der Waals surface area contributed by atoms with E-state index in [1.165, 1.54) is 12.8 Å². The first kappa shape index (κ1) is 11.7. The minimum absolute atomic E-state index is 0.563. The van der Waals surface area contributed by atoms with Gasteiger partial charge in [-0.25, -0.2) is 4.98 Å². The van der Waals surface area contributed by atoms with E-state index in [-0.39, 0.29) is 0 Å². The van der Waals surface area contributed by atoms with Crippen LogP contribution in [0.4, 0.5) is 11.5 Å². The molecular weight excluding hydrogens is 236 g/mol. The van der Waals surface area contributed by atoms with Crippen LogP contribution in [0.1, 0.15) is 35.7 Å². The Morgan fingerprint density at radius 1 is 1.32 bits per heavy atom. The Bertz CT molecular complexity index is 653. The molecule has 0 spiro atoms. The Labute approximate surface area is 112 Å².